The number of methoxy groups -OCH3 is 1. The third-order valence-electron chi connectivity index (χ3n) is 6.34. The van der Waals surface area contributed by atoms with E-state index in [2.05, 4.69) is 16.1 Å². The first kappa shape index (κ1) is 25.4. The average Bonchev–Trinajstić information content (AvgIpc) is 3.27. The fourth-order valence-electron chi connectivity index (χ4n) is 4.23. The van der Waals surface area contributed by atoms with Gasteiger partial charge < -0.3 is 19.3 Å². The Bertz CT molecular complexity index is 1130. The van der Waals surface area contributed by atoms with Crippen molar-refractivity contribution in [3.05, 3.63) is 70.5 Å². The van der Waals surface area contributed by atoms with Crippen LogP contribution in [0.4, 0.5) is 0 Å². The maximum absolute atomic E-state index is 11.0. The van der Waals surface area contributed by atoms with Gasteiger partial charge in [-0.3, -0.25) is 9.58 Å². The van der Waals surface area contributed by atoms with Crippen LogP contribution in [0.15, 0.2) is 48.8 Å². The molecule has 0 aliphatic carbocycles. The van der Waals surface area contributed by atoms with Crippen LogP contribution in [-0.2, 0) is 13.1 Å². The number of hydrogen-bond donors (Lipinski definition) is 1. The molecule has 8 heteroatoms. The summed E-state index contributed by atoms with van der Waals surface area (Å²) in [5.74, 6) is 2.06. The standard InChI is InChI=1S/C27H34ClN3O4/c1-20-4-6-23(28)25(14-20)35-19-27(32)8-10-30(11-9-27)18-22-5-7-24(26(15-22)33-3)34-13-12-31-17-21(2)16-29-31/h4-7,14-17,32H,8-13,18-19H2,1-3H3. The highest BCUT2D eigenvalue weighted by Gasteiger charge is 2.33. The molecule has 1 fully saturated rings. The van der Waals surface area contributed by atoms with Crippen LogP contribution in [0.25, 0.3) is 0 Å². The summed E-state index contributed by atoms with van der Waals surface area (Å²) in [7, 11) is 1.66. The number of piperidine rings is 1. The van der Waals surface area contributed by atoms with Gasteiger partial charge >= 0.3 is 0 Å². The molecule has 0 spiro atoms. The van der Waals surface area contributed by atoms with E-state index in [1.165, 1.54) is 0 Å². The van der Waals surface area contributed by atoms with E-state index in [1.54, 1.807) is 7.11 Å². The zero-order valence-electron chi connectivity index (χ0n) is 20.7. The lowest BCUT2D eigenvalue weighted by Gasteiger charge is -2.38. The van der Waals surface area contributed by atoms with Gasteiger partial charge in [0.2, 0.25) is 0 Å². The van der Waals surface area contributed by atoms with Crippen molar-refractivity contribution in [2.75, 3.05) is 33.4 Å². The molecule has 1 N–H and O–H groups in total. The van der Waals surface area contributed by atoms with Crippen LogP contribution in [0.3, 0.4) is 0 Å². The molecule has 0 unspecified atom stereocenters. The quantitative estimate of drug-likeness (QED) is 0.438. The van der Waals surface area contributed by atoms with Crippen molar-refractivity contribution in [1.82, 2.24) is 14.7 Å². The van der Waals surface area contributed by atoms with Gasteiger partial charge in [0.1, 0.15) is 24.6 Å². The normalized spacial score (nSPS) is 15.7. The second-order valence-electron chi connectivity index (χ2n) is 9.34. The lowest BCUT2D eigenvalue weighted by Crippen LogP contribution is -2.47. The van der Waals surface area contributed by atoms with Crippen molar-refractivity contribution >= 4 is 11.6 Å². The minimum Gasteiger partial charge on any atom is -0.493 e. The van der Waals surface area contributed by atoms with Crippen LogP contribution >= 0.6 is 11.6 Å². The topological polar surface area (TPSA) is 69.0 Å². The van der Waals surface area contributed by atoms with E-state index in [9.17, 15) is 5.11 Å². The second-order valence-corrected chi connectivity index (χ2v) is 9.74. The van der Waals surface area contributed by atoms with E-state index in [1.807, 2.05) is 61.3 Å². The number of likely N-dealkylation sites (tertiary alicyclic amines) is 1. The summed E-state index contributed by atoms with van der Waals surface area (Å²) in [5.41, 5.74) is 2.49. The number of rotatable bonds is 10. The monoisotopic (exact) mass is 499 g/mol. The highest BCUT2D eigenvalue weighted by Crippen LogP contribution is 2.31. The van der Waals surface area contributed by atoms with Crippen LogP contribution in [0, 0.1) is 13.8 Å². The zero-order chi connectivity index (χ0) is 24.8. The molecule has 0 amide bonds. The highest BCUT2D eigenvalue weighted by molar-refractivity contribution is 6.32. The molecular formula is C27H34ClN3O4. The molecule has 35 heavy (non-hydrogen) atoms. The maximum Gasteiger partial charge on any atom is 0.161 e. The van der Waals surface area contributed by atoms with Gasteiger partial charge in [0.15, 0.2) is 11.5 Å². The maximum atomic E-state index is 11.0. The molecule has 2 aromatic carbocycles. The third-order valence-corrected chi connectivity index (χ3v) is 6.66. The summed E-state index contributed by atoms with van der Waals surface area (Å²) >= 11 is 6.23. The Hall–Kier alpha value is -2.74. The molecule has 0 saturated carbocycles. The fourth-order valence-corrected chi connectivity index (χ4v) is 4.40. The molecule has 3 aromatic rings. The number of nitrogens with zero attached hydrogens (tertiary/aromatic N) is 3. The van der Waals surface area contributed by atoms with E-state index < -0.39 is 5.60 Å². The van der Waals surface area contributed by atoms with Gasteiger partial charge in [0, 0.05) is 25.8 Å². The molecule has 1 aromatic heterocycles. The minimum atomic E-state index is -0.855. The summed E-state index contributed by atoms with van der Waals surface area (Å²) in [6.07, 6.45) is 5.11. The Morgan fingerprint density at radius 2 is 1.80 bits per heavy atom. The van der Waals surface area contributed by atoms with E-state index >= 15 is 0 Å². The number of halogens is 1. The molecule has 0 atom stereocenters. The summed E-state index contributed by atoms with van der Waals surface area (Å²) in [4.78, 5) is 2.34. The number of aliphatic hydroxyl groups is 1. The summed E-state index contributed by atoms with van der Waals surface area (Å²) in [6, 6.07) is 11.7. The van der Waals surface area contributed by atoms with Gasteiger partial charge in [-0.15, -0.1) is 0 Å². The first-order valence-corrected chi connectivity index (χ1v) is 12.3. The smallest absolute Gasteiger partial charge is 0.161 e. The molecule has 1 aliphatic heterocycles. The molecule has 7 nitrogen and oxygen atoms in total. The minimum absolute atomic E-state index is 0.238. The van der Waals surface area contributed by atoms with Gasteiger partial charge in [-0.1, -0.05) is 23.7 Å². The Balaban J connectivity index is 1.26. The second kappa shape index (κ2) is 11.3. The lowest BCUT2D eigenvalue weighted by molar-refractivity contribution is -0.0537. The van der Waals surface area contributed by atoms with Gasteiger partial charge in [-0.05, 0) is 67.6 Å². The number of hydrogen-bond acceptors (Lipinski definition) is 6. The van der Waals surface area contributed by atoms with Crippen molar-refractivity contribution in [2.24, 2.45) is 0 Å². The van der Waals surface area contributed by atoms with Crippen molar-refractivity contribution in [3.63, 3.8) is 0 Å². The molecular weight excluding hydrogens is 466 g/mol. The Morgan fingerprint density at radius 1 is 1.00 bits per heavy atom. The molecule has 188 valence electrons. The van der Waals surface area contributed by atoms with Crippen molar-refractivity contribution in [2.45, 2.75) is 45.4 Å². The van der Waals surface area contributed by atoms with Gasteiger partial charge in [-0.2, -0.15) is 5.10 Å². The van der Waals surface area contributed by atoms with Crippen molar-refractivity contribution < 1.29 is 19.3 Å². The number of ether oxygens (including phenoxy) is 3. The summed E-state index contributed by atoms with van der Waals surface area (Å²) in [5, 5.41) is 15.9. The average molecular weight is 500 g/mol. The molecule has 0 bridgehead atoms. The van der Waals surface area contributed by atoms with Crippen molar-refractivity contribution in [3.8, 4) is 17.2 Å². The van der Waals surface area contributed by atoms with Crippen LogP contribution in [0.1, 0.15) is 29.5 Å². The number of benzene rings is 2. The van der Waals surface area contributed by atoms with Gasteiger partial charge in [0.25, 0.3) is 0 Å². The van der Waals surface area contributed by atoms with Gasteiger partial charge in [-0.25, -0.2) is 0 Å². The molecule has 0 radical (unpaired) electrons. The van der Waals surface area contributed by atoms with Crippen molar-refractivity contribution in [1.29, 1.82) is 0 Å². The Labute approximate surface area is 212 Å². The summed E-state index contributed by atoms with van der Waals surface area (Å²) < 4.78 is 19.3. The fraction of sp³-hybridized carbons (Fsp3) is 0.444. The Morgan fingerprint density at radius 3 is 2.51 bits per heavy atom. The number of aromatic nitrogens is 2. The molecule has 4 rings (SSSR count). The van der Waals surface area contributed by atoms with Crippen LogP contribution in [0.2, 0.25) is 5.02 Å². The third kappa shape index (κ3) is 6.90. The Kier molecular flexibility index (Phi) is 8.21. The predicted molar refractivity (Wildman–Crippen MR) is 137 cm³/mol. The van der Waals surface area contributed by atoms with E-state index in [-0.39, 0.29) is 6.61 Å². The molecule has 1 aliphatic rings. The summed E-state index contributed by atoms with van der Waals surface area (Å²) in [6.45, 7) is 7.78. The lowest BCUT2D eigenvalue weighted by atomic mass is 9.92. The van der Waals surface area contributed by atoms with Crippen LogP contribution in [0.5, 0.6) is 17.2 Å². The predicted octanol–water partition coefficient (Wildman–Crippen LogP) is 4.65. The zero-order valence-corrected chi connectivity index (χ0v) is 21.4. The first-order chi connectivity index (χ1) is 16.8. The van der Waals surface area contributed by atoms with E-state index in [0.29, 0.717) is 36.8 Å². The first-order valence-electron chi connectivity index (χ1n) is 12.0. The van der Waals surface area contributed by atoms with Gasteiger partial charge in [0.05, 0.1) is 24.9 Å². The highest BCUT2D eigenvalue weighted by atomic mass is 35.5. The SMILES string of the molecule is COc1cc(CN2CCC(O)(COc3cc(C)ccc3Cl)CC2)ccc1OCCn1cc(C)cn1. The van der Waals surface area contributed by atoms with Crippen LogP contribution in [-0.4, -0.2) is 58.8 Å². The largest absolute Gasteiger partial charge is 0.493 e. The van der Waals surface area contributed by atoms with E-state index in [4.69, 9.17) is 25.8 Å². The van der Waals surface area contributed by atoms with E-state index in [0.717, 1.165) is 47.8 Å². The van der Waals surface area contributed by atoms with Crippen LogP contribution < -0.4 is 14.2 Å². The number of aryl methyl sites for hydroxylation is 2. The molecule has 2 heterocycles. The molecule has 1 saturated heterocycles.